The van der Waals surface area contributed by atoms with Crippen molar-refractivity contribution in [1.29, 1.82) is 0 Å². The molecule has 0 bridgehead atoms. The number of halogens is 2. The van der Waals surface area contributed by atoms with Gasteiger partial charge in [-0.05, 0) is 12.8 Å². The molecule has 1 fully saturated rings. The van der Waals surface area contributed by atoms with E-state index in [4.69, 9.17) is 4.42 Å². The summed E-state index contributed by atoms with van der Waals surface area (Å²) >= 11 is 0. The largest absolute Gasteiger partial charge is 0.419 e. The van der Waals surface area contributed by atoms with Gasteiger partial charge in [-0.2, -0.15) is 8.78 Å². The van der Waals surface area contributed by atoms with Crippen molar-refractivity contribution in [1.82, 2.24) is 10.2 Å². The highest BCUT2D eigenvalue weighted by atomic mass is 19.3. The molecule has 5 heteroatoms. The summed E-state index contributed by atoms with van der Waals surface area (Å²) in [6, 6.07) is 0. The molecule has 0 aliphatic heterocycles. The Morgan fingerprint density at radius 2 is 1.86 bits per heavy atom. The highest BCUT2D eigenvalue weighted by molar-refractivity contribution is 4.93. The minimum atomic E-state index is -2.65. The minimum Gasteiger partial charge on any atom is -0.419 e. The molecule has 0 spiro atoms. The molecular formula is C9H12F2N2O. The number of alkyl halides is 2. The van der Waals surface area contributed by atoms with Gasteiger partial charge in [-0.3, -0.25) is 0 Å². The standard InChI is InChI=1S/C9H12F2N2O/c10-7(11)9-13-12-8(14-9)6-4-2-1-3-5-6/h6-7H,1-5H2. The second kappa shape index (κ2) is 4.02. The van der Waals surface area contributed by atoms with Gasteiger partial charge in [0.25, 0.3) is 5.89 Å². The summed E-state index contributed by atoms with van der Waals surface area (Å²) in [5.74, 6) is 0.0364. The zero-order valence-electron chi connectivity index (χ0n) is 7.75. The average molecular weight is 202 g/mol. The van der Waals surface area contributed by atoms with E-state index in [9.17, 15) is 8.78 Å². The van der Waals surface area contributed by atoms with Gasteiger partial charge in [0.2, 0.25) is 5.89 Å². The third kappa shape index (κ3) is 1.91. The van der Waals surface area contributed by atoms with Crippen LogP contribution in [-0.2, 0) is 0 Å². The maximum Gasteiger partial charge on any atom is 0.314 e. The lowest BCUT2D eigenvalue weighted by Gasteiger charge is -2.17. The van der Waals surface area contributed by atoms with Crippen molar-refractivity contribution in [3.8, 4) is 0 Å². The average Bonchev–Trinajstić information content (AvgIpc) is 2.68. The Morgan fingerprint density at radius 1 is 1.14 bits per heavy atom. The molecule has 1 saturated carbocycles. The first-order chi connectivity index (χ1) is 6.77. The molecule has 1 aromatic rings. The quantitative estimate of drug-likeness (QED) is 0.739. The Bertz CT molecular complexity index is 295. The van der Waals surface area contributed by atoms with E-state index in [0.29, 0.717) is 5.89 Å². The topological polar surface area (TPSA) is 38.9 Å². The lowest BCUT2D eigenvalue weighted by molar-refractivity contribution is 0.112. The van der Waals surface area contributed by atoms with Gasteiger partial charge in [0, 0.05) is 5.92 Å². The second-order valence-corrected chi connectivity index (χ2v) is 3.61. The fraction of sp³-hybridized carbons (Fsp3) is 0.778. The maximum absolute atomic E-state index is 12.2. The van der Waals surface area contributed by atoms with Crippen LogP contribution in [0.5, 0.6) is 0 Å². The molecule has 0 atom stereocenters. The molecule has 1 heterocycles. The molecule has 0 aromatic carbocycles. The van der Waals surface area contributed by atoms with Crippen LogP contribution in [0.4, 0.5) is 8.78 Å². The van der Waals surface area contributed by atoms with Gasteiger partial charge < -0.3 is 4.42 Å². The number of nitrogens with zero attached hydrogens (tertiary/aromatic N) is 2. The summed E-state index contributed by atoms with van der Waals surface area (Å²) in [4.78, 5) is 0. The zero-order chi connectivity index (χ0) is 9.97. The molecule has 0 N–H and O–H groups in total. The molecule has 78 valence electrons. The molecule has 0 amide bonds. The fourth-order valence-electron chi connectivity index (χ4n) is 1.85. The van der Waals surface area contributed by atoms with Gasteiger partial charge in [0.15, 0.2) is 0 Å². The predicted molar refractivity (Wildman–Crippen MR) is 45.1 cm³/mol. The summed E-state index contributed by atoms with van der Waals surface area (Å²) in [7, 11) is 0. The van der Waals surface area contributed by atoms with E-state index in [1.807, 2.05) is 0 Å². The highest BCUT2D eigenvalue weighted by Gasteiger charge is 2.23. The van der Waals surface area contributed by atoms with E-state index in [0.717, 1.165) is 25.7 Å². The van der Waals surface area contributed by atoms with E-state index in [1.165, 1.54) is 6.42 Å². The van der Waals surface area contributed by atoms with Crippen LogP contribution in [0, 0.1) is 0 Å². The lowest BCUT2D eigenvalue weighted by Crippen LogP contribution is -2.04. The smallest absolute Gasteiger partial charge is 0.314 e. The summed E-state index contributed by atoms with van der Waals surface area (Å²) in [5.41, 5.74) is 0. The Kier molecular flexibility index (Phi) is 2.74. The van der Waals surface area contributed by atoms with Gasteiger partial charge in [0.05, 0.1) is 0 Å². The van der Waals surface area contributed by atoms with Crippen LogP contribution in [0.2, 0.25) is 0 Å². The molecule has 1 aromatic heterocycles. The molecule has 14 heavy (non-hydrogen) atoms. The zero-order valence-corrected chi connectivity index (χ0v) is 7.75. The maximum atomic E-state index is 12.2. The van der Waals surface area contributed by atoms with Gasteiger partial charge in [0.1, 0.15) is 0 Å². The van der Waals surface area contributed by atoms with Crippen molar-refractivity contribution >= 4 is 0 Å². The monoisotopic (exact) mass is 202 g/mol. The first-order valence-corrected chi connectivity index (χ1v) is 4.89. The third-order valence-electron chi connectivity index (χ3n) is 2.60. The normalized spacial score (nSPS) is 19.1. The summed E-state index contributed by atoms with van der Waals surface area (Å²) in [5, 5.41) is 6.99. The van der Waals surface area contributed by atoms with Crippen LogP contribution in [-0.4, -0.2) is 10.2 Å². The first-order valence-electron chi connectivity index (χ1n) is 4.89. The minimum absolute atomic E-state index is 0.198. The van der Waals surface area contributed by atoms with Crippen LogP contribution in [0.15, 0.2) is 4.42 Å². The molecule has 3 nitrogen and oxygen atoms in total. The van der Waals surface area contributed by atoms with E-state index < -0.39 is 12.3 Å². The van der Waals surface area contributed by atoms with E-state index in [2.05, 4.69) is 10.2 Å². The van der Waals surface area contributed by atoms with Crippen molar-refractivity contribution in [3.63, 3.8) is 0 Å². The van der Waals surface area contributed by atoms with E-state index in [-0.39, 0.29) is 5.92 Å². The van der Waals surface area contributed by atoms with Gasteiger partial charge in [-0.1, -0.05) is 19.3 Å². The van der Waals surface area contributed by atoms with Crippen molar-refractivity contribution in [2.75, 3.05) is 0 Å². The van der Waals surface area contributed by atoms with E-state index >= 15 is 0 Å². The van der Waals surface area contributed by atoms with Crippen molar-refractivity contribution in [2.45, 2.75) is 44.4 Å². The highest BCUT2D eigenvalue weighted by Crippen LogP contribution is 2.32. The van der Waals surface area contributed by atoms with Crippen LogP contribution in [0.3, 0.4) is 0 Å². The van der Waals surface area contributed by atoms with Crippen LogP contribution < -0.4 is 0 Å². The van der Waals surface area contributed by atoms with Crippen molar-refractivity contribution < 1.29 is 13.2 Å². The summed E-state index contributed by atoms with van der Waals surface area (Å²) in [6.07, 6.45) is 2.76. The van der Waals surface area contributed by atoms with Gasteiger partial charge in [-0.25, -0.2) is 0 Å². The molecule has 0 unspecified atom stereocenters. The van der Waals surface area contributed by atoms with Crippen molar-refractivity contribution in [2.24, 2.45) is 0 Å². The predicted octanol–water partition coefficient (Wildman–Crippen LogP) is 3.05. The number of rotatable bonds is 2. The summed E-state index contributed by atoms with van der Waals surface area (Å²) in [6.45, 7) is 0. The second-order valence-electron chi connectivity index (χ2n) is 3.61. The van der Waals surface area contributed by atoms with Gasteiger partial charge in [-0.15, -0.1) is 10.2 Å². The van der Waals surface area contributed by atoms with Crippen molar-refractivity contribution in [3.05, 3.63) is 11.8 Å². The van der Waals surface area contributed by atoms with E-state index in [1.54, 1.807) is 0 Å². The summed E-state index contributed by atoms with van der Waals surface area (Å²) < 4.78 is 29.2. The van der Waals surface area contributed by atoms with Crippen LogP contribution >= 0.6 is 0 Å². The van der Waals surface area contributed by atoms with Crippen LogP contribution in [0.25, 0.3) is 0 Å². The lowest BCUT2D eigenvalue weighted by atomic mass is 9.89. The van der Waals surface area contributed by atoms with Crippen LogP contribution in [0.1, 0.15) is 56.2 Å². The Labute approximate surface area is 80.5 Å². The third-order valence-corrected chi connectivity index (χ3v) is 2.60. The molecule has 1 aliphatic carbocycles. The Morgan fingerprint density at radius 3 is 2.43 bits per heavy atom. The molecule has 0 radical (unpaired) electrons. The Balaban J connectivity index is 2.07. The number of hydrogen-bond donors (Lipinski definition) is 0. The van der Waals surface area contributed by atoms with Gasteiger partial charge >= 0.3 is 6.43 Å². The first kappa shape index (κ1) is 9.55. The number of aromatic nitrogens is 2. The fourth-order valence-corrected chi connectivity index (χ4v) is 1.85. The molecular weight excluding hydrogens is 190 g/mol. The SMILES string of the molecule is FC(F)c1nnc(C2CCCCC2)o1. The molecule has 1 aliphatic rings. The Hall–Kier alpha value is -1.00. The molecule has 2 rings (SSSR count). The number of hydrogen-bond acceptors (Lipinski definition) is 3. The molecule has 0 saturated heterocycles.